The number of imide groups is 1. The van der Waals surface area contributed by atoms with Gasteiger partial charge in [-0.25, -0.2) is 4.79 Å². The number of hydrogen-bond donors (Lipinski definition) is 1. The fourth-order valence-corrected chi connectivity index (χ4v) is 3.11. The Morgan fingerprint density at radius 1 is 1.14 bits per heavy atom. The Morgan fingerprint density at radius 3 is 2.28 bits per heavy atom. The van der Waals surface area contributed by atoms with Gasteiger partial charge in [0.25, 0.3) is 11.6 Å². The fraction of sp³-hybridized carbons (Fsp3) is 0.250. The highest BCUT2D eigenvalue weighted by Crippen LogP contribution is 2.29. The van der Waals surface area contributed by atoms with Crippen molar-refractivity contribution in [2.75, 3.05) is 18.5 Å². The lowest BCUT2D eigenvalue weighted by Gasteiger charge is -2.23. The van der Waals surface area contributed by atoms with Gasteiger partial charge in [0.05, 0.1) is 4.92 Å². The molecular weight excluding hydrogens is 376 g/mol. The number of anilines is 1. The Kier molecular flexibility index (Phi) is 5.06. The summed E-state index contributed by atoms with van der Waals surface area (Å²) in [6, 6.07) is 12.0. The van der Waals surface area contributed by atoms with E-state index in [9.17, 15) is 24.5 Å². The van der Waals surface area contributed by atoms with Gasteiger partial charge in [0, 0.05) is 24.9 Å². The van der Waals surface area contributed by atoms with Gasteiger partial charge in [-0.1, -0.05) is 29.8 Å². The van der Waals surface area contributed by atoms with E-state index in [-0.39, 0.29) is 5.69 Å². The molecule has 1 fully saturated rings. The van der Waals surface area contributed by atoms with Crippen LogP contribution in [0.1, 0.15) is 18.1 Å². The van der Waals surface area contributed by atoms with Crippen LogP contribution in [-0.2, 0) is 15.1 Å². The molecule has 29 heavy (non-hydrogen) atoms. The van der Waals surface area contributed by atoms with Crippen LogP contribution in [0.2, 0.25) is 0 Å². The molecular formula is C20H20N4O5. The highest BCUT2D eigenvalue weighted by Gasteiger charge is 2.49. The molecule has 0 saturated carbocycles. The zero-order valence-electron chi connectivity index (χ0n) is 16.2. The Labute approximate surface area is 167 Å². The van der Waals surface area contributed by atoms with E-state index < -0.39 is 34.9 Å². The Hall–Kier alpha value is -3.75. The third kappa shape index (κ3) is 3.66. The van der Waals surface area contributed by atoms with E-state index in [0.29, 0.717) is 11.3 Å². The van der Waals surface area contributed by atoms with Crippen LogP contribution < -0.4 is 10.2 Å². The quantitative estimate of drug-likeness (QED) is 0.473. The number of likely N-dealkylation sites (N-methyl/N-ethyl adjacent to an activating group) is 1. The molecule has 1 atom stereocenters. The first-order valence-electron chi connectivity index (χ1n) is 8.86. The van der Waals surface area contributed by atoms with E-state index in [2.05, 4.69) is 5.32 Å². The van der Waals surface area contributed by atoms with Gasteiger partial charge in [0.15, 0.2) is 0 Å². The van der Waals surface area contributed by atoms with Crippen LogP contribution in [0.3, 0.4) is 0 Å². The van der Waals surface area contributed by atoms with E-state index in [1.54, 1.807) is 19.1 Å². The van der Waals surface area contributed by atoms with Crippen molar-refractivity contribution in [3.63, 3.8) is 0 Å². The normalized spacial score (nSPS) is 18.5. The van der Waals surface area contributed by atoms with Gasteiger partial charge in [-0.2, -0.15) is 0 Å². The summed E-state index contributed by atoms with van der Waals surface area (Å²) in [7, 11) is 1.47. The number of carbonyl (C=O) groups is 3. The summed E-state index contributed by atoms with van der Waals surface area (Å²) in [4.78, 5) is 50.3. The molecule has 0 aliphatic carbocycles. The van der Waals surface area contributed by atoms with Crippen molar-refractivity contribution >= 4 is 29.2 Å². The monoisotopic (exact) mass is 396 g/mol. The van der Waals surface area contributed by atoms with Crippen molar-refractivity contribution in [2.24, 2.45) is 0 Å². The van der Waals surface area contributed by atoms with Crippen LogP contribution in [0.5, 0.6) is 0 Å². The molecule has 0 radical (unpaired) electrons. The summed E-state index contributed by atoms with van der Waals surface area (Å²) in [6.45, 7) is 3.07. The highest BCUT2D eigenvalue weighted by molar-refractivity contribution is 6.10. The number of rotatable bonds is 5. The standard InChI is InChI=1S/C20H20N4O5/c1-13-4-6-14(7-5-13)20(2)18(26)23(19(27)21-20)12-17(25)22(3)15-8-10-16(11-9-15)24(28)29/h4-11H,12H2,1-3H3,(H,21,27). The van der Waals surface area contributed by atoms with Gasteiger partial charge < -0.3 is 10.2 Å². The molecule has 9 nitrogen and oxygen atoms in total. The first-order valence-corrected chi connectivity index (χ1v) is 8.86. The molecule has 1 heterocycles. The lowest BCUT2D eigenvalue weighted by atomic mass is 9.91. The van der Waals surface area contributed by atoms with Gasteiger partial charge in [-0.15, -0.1) is 0 Å². The predicted octanol–water partition coefficient (Wildman–Crippen LogP) is 2.33. The van der Waals surface area contributed by atoms with Gasteiger partial charge in [0.2, 0.25) is 5.91 Å². The number of urea groups is 1. The number of aryl methyl sites for hydroxylation is 1. The number of hydrogen-bond acceptors (Lipinski definition) is 5. The van der Waals surface area contributed by atoms with E-state index in [4.69, 9.17) is 0 Å². The second-order valence-corrected chi connectivity index (χ2v) is 7.04. The maximum absolute atomic E-state index is 12.9. The molecule has 0 bridgehead atoms. The minimum atomic E-state index is -1.25. The molecule has 1 aliphatic rings. The highest BCUT2D eigenvalue weighted by atomic mass is 16.6. The molecule has 150 valence electrons. The smallest absolute Gasteiger partial charge is 0.319 e. The van der Waals surface area contributed by atoms with Gasteiger partial charge >= 0.3 is 6.03 Å². The lowest BCUT2D eigenvalue weighted by Crippen LogP contribution is -2.43. The van der Waals surface area contributed by atoms with E-state index in [1.165, 1.54) is 36.2 Å². The average molecular weight is 396 g/mol. The first kappa shape index (κ1) is 20.0. The topological polar surface area (TPSA) is 113 Å². The maximum Gasteiger partial charge on any atom is 0.325 e. The van der Waals surface area contributed by atoms with Crippen LogP contribution in [0, 0.1) is 17.0 Å². The Balaban J connectivity index is 1.76. The molecule has 1 unspecified atom stereocenters. The van der Waals surface area contributed by atoms with Crippen LogP contribution in [0.15, 0.2) is 48.5 Å². The minimum absolute atomic E-state index is 0.0995. The van der Waals surface area contributed by atoms with E-state index in [1.807, 2.05) is 19.1 Å². The molecule has 4 amide bonds. The number of carbonyl (C=O) groups excluding carboxylic acids is 3. The number of nitro benzene ring substituents is 1. The van der Waals surface area contributed by atoms with Gasteiger partial charge in [-0.05, 0) is 31.5 Å². The van der Waals surface area contributed by atoms with E-state index >= 15 is 0 Å². The van der Waals surface area contributed by atoms with Crippen molar-refractivity contribution in [3.05, 3.63) is 69.8 Å². The molecule has 9 heteroatoms. The summed E-state index contributed by atoms with van der Waals surface area (Å²) in [6.07, 6.45) is 0. The Morgan fingerprint density at radius 2 is 1.72 bits per heavy atom. The average Bonchev–Trinajstić information content (AvgIpc) is 2.91. The van der Waals surface area contributed by atoms with Crippen molar-refractivity contribution in [3.8, 4) is 0 Å². The van der Waals surface area contributed by atoms with Crippen molar-refractivity contribution in [2.45, 2.75) is 19.4 Å². The van der Waals surface area contributed by atoms with Crippen LogP contribution in [0.25, 0.3) is 0 Å². The van der Waals surface area contributed by atoms with Gasteiger partial charge in [0.1, 0.15) is 12.1 Å². The summed E-state index contributed by atoms with van der Waals surface area (Å²) in [5.74, 6) is -1.02. The summed E-state index contributed by atoms with van der Waals surface area (Å²) >= 11 is 0. The van der Waals surface area contributed by atoms with Crippen molar-refractivity contribution in [1.82, 2.24) is 10.2 Å². The maximum atomic E-state index is 12.9. The number of nitrogens with zero attached hydrogens (tertiary/aromatic N) is 3. The molecule has 2 aromatic carbocycles. The largest absolute Gasteiger partial charge is 0.325 e. The number of nitro groups is 1. The zero-order valence-corrected chi connectivity index (χ0v) is 16.2. The number of nitrogens with one attached hydrogen (secondary N) is 1. The molecule has 1 aliphatic heterocycles. The van der Waals surface area contributed by atoms with Crippen LogP contribution >= 0.6 is 0 Å². The zero-order chi connectivity index (χ0) is 21.3. The second-order valence-electron chi connectivity index (χ2n) is 7.04. The summed E-state index contributed by atoms with van der Waals surface area (Å²) < 4.78 is 0. The second kappa shape index (κ2) is 7.34. The minimum Gasteiger partial charge on any atom is -0.319 e. The number of amides is 4. The third-order valence-electron chi connectivity index (χ3n) is 5.02. The predicted molar refractivity (Wildman–Crippen MR) is 105 cm³/mol. The summed E-state index contributed by atoms with van der Waals surface area (Å²) in [5.41, 5.74) is 0.703. The molecule has 3 rings (SSSR count). The first-order chi connectivity index (χ1) is 13.6. The molecule has 1 N–H and O–H groups in total. The number of non-ortho nitro benzene ring substituents is 1. The molecule has 0 spiro atoms. The summed E-state index contributed by atoms with van der Waals surface area (Å²) in [5, 5.41) is 13.4. The van der Waals surface area contributed by atoms with Crippen molar-refractivity contribution in [1.29, 1.82) is 0 Å². The molecule has 1 saturated heterocycles. The van der Waals surface area contributed by atoms with E-state index in [0.717, 1.165) is 10.5 Å². The van der Waals surface area contributed by atoms with Crippen molar-refractivity contribution < 1.29 is 19.3 Å². The third-order valence-corrected chi connectivity index (χ3v) is 5.02. The lowest BCUT2D eigenvalue weighted by molar-refractivity contribution is -0.384. The van der Waals surface area contributed by atoms with Gasteiger partial charge in [-0.3, -0.25) is 24.6 Å². The molecule has 2 aromatic rings. The SMILES string of the molecule is Cc1ccc(C2(C)NC(=O)N(CC(=O)N(C)c3ccc([N+](=O)[O-])cc3)C2=O)cc1. The molecule has 0 aromatic heterocycles. The van der Waals surface area contributed by atoms with Crippen LogP contribution in [0.4, 0.5) is 16.2 Å². The number of benzene rings is 2. The van der Waals surface area contributed by atoms with Crippen LogP contribution in [-0.4, -0.2) is 41.3 Å². The Bertz CT molecular complexity index is 987. The fourth-order valence-electron chi connectivity index (χ4n) is 3.11.